The molecule has 3 N–H and O–H groups in total. The van der Waals surface area contributed by atoms with Crippen LogP contribution in [0.15, 0.2) is 77.9 Å². The fourth-order valence-electron chi connectivity index (χ4n) is 2.53. The van der Waals surface area contributed by atoms with Crippen molar-refractivity contribution in [3.05, 3.63) is 90.0 Å². The molecule has 0 unspecified atom stereocenters. The summed E-state index contributed by atoms with van der Waals surface area (Å²) < 4.78 is 31.4. The average Bonchev–Trinajstić information content (AvgIpc) is 2.79. The summed E-state index contributed by atoms with van der Waals surface area (Å²) in [5.74, 6) is -3.05. The molecule has 3 amide bonds. The maximum absolute atomic E-state index is 13.2. The van der Waals surface area contributed by atoms with E-state index in [1.54, 1.807) is 30.3 Å². The number of hydrazone groups is 1. The molecule has 3 aromatic carbocycles. The first-order valence-electron chi connectivity index (χ1n) is 9.57. The lowest BCUT2D eigenvalue weighted by Gasteiger charge is -2.08. The van der Waals surface area contributed by atoms with E-state index >= 15 is 0 Å². The summed E-state index contributed by atoms with van der Waals surface area (Å²) in [7, 11) is 0. The van der Waals surface area contributed by atoms with Crippen LogP contribution in [0.25, 0.3) is 0 Å². The third-order valence-electron chi connectivity index (χ3n) is 4.02. The number of amides is 3. The number of nitrogens with one attached hydrogen (secondary N) is 3. The van der Waals surface area contributed by atoms with Crippen LogP contribution < -0.4 is 20.8 Å². The second kappa shape index (κ2) is 11.1. The molecule has 0 heterocycles. The number of halogens is 2. The number of carbonyl (C=O) groups is 3. The van der Waals surface area contributed by atoms with Crippen LogP contribution in [-0.4, -0.2) is 30.5 Å². The van der Waals surface area contributed by atoms with E-state index in [4.69, 9.17) is 4.74 Å². The summed E-state index contributed by atoms with van der Waals surface area (Å²) in [6, 6.07) is 16.9. The molecule has 168 valence electrons. The van der Waals surface area contributed by atoms with Gasteiger partial charge in [0.25, 0.3) is 5.91 Å². The number of nitrogens with zero attached hydrogens (tertiary/aromatic N) is 1. The number of ether oxygens (including phenoxy) is 1. The highest BCUT2D eigenvalue weighted by atomic mass is 19.1. The zero-order valence-corrected chi connectivity index (χ0v) is 17.0. The van der Waals surface area contributed by atoms with E-state index < -0.39 is 29.4 Å². The Morgan fingerprint density at radius 1 is 0.818 bits per heavy atom. The van der Waals surface area contributed by atoms with Gasteiger partial charge in [-0.3, -0.25) is 14.4 Å². The van der Waals surface area contributed by atoms with Gasteiger partial charge in [-0.1, -0.05) is 18.2 Å². The lowest BCUT2D eigenvalue weighted by molar-refractivity contribution is -0.136. The maximum atomic E-state index is 13.2. The summed E-state index contributed by atoms with van der Waals surface area (Å²) in [5.41, 5.74) is 3.16. The van der Waals surface area contributed by atoms with Gasteiger partial charge < -0.3 is 15.4 Å². The first-order valence-corrected chi connectivity index (χ1v) is 9.57. The average molecular weight is 452 g/mol. The standard InChI is InChI=1S/C23H18F2N4O4/c24-16-7-9-18(10-8-16)28-22(31)23(32)29-26-13-15-3-1-6-20(11-15)33-14-21(30)27-19-5-2-4-17(25)12-19/h1-13H,14H2,(H,27,30)(H,28,31)(H,29,32)/b26-13-. The number of anilines is 2. The molecule has 0 saturated heterocycles. The molecule has 0 saturated carbocycles. The van der Waals surface area contributed by atoms with Crippen LogP contribution >= 0.6 is 0 Å². The van der Waals surface area contributed by atoms with Gasteiger partial charge >= 0.3 is 11.8 Å². The van der Waals surface area contributed by atoms with Crippen molar-refractivity contribution in [3.8, 4) is 5.75 Å². The number of rotatable bonds is 7. The normalized spacial score (nSPS) is 10.5. The van der Waals surface area contributed by atoms with Crippen molar-refractivity contribution >= 4 is 35.3 Å². The fraction of sp³-hybridized carbons (Fsp3) is 0.0435. The summed E-state index contributed by atoms with van der Waals surface area (Å²) in [6.07, 6.45) is 1.28. The molecular formula is C23H18F2N4O4. The van der Waals surface area contributed by atoms with E-state index in [0.29, 0.717) is 17.0 Å². The molecular weight excluding hydrogens is 434 g/mol. The van der Waals surface area contributed by atoms with Gasteiger partial charge in [-0.25, -0.2) is 14.2 Å². The number of hydrogen-bond acceptors (Lipinski definition) is 5. The van der Waals surface area contributed by atoms with E-state index in [0.717, 1.165) is 12.1 Å². The molecule has 0 aliphatic carbocycles. The molecule has 0 atom stereocenters. The van der Waals surface area contributed by atoms with Crippen LogP contribution in [0, 0.1) is 11.6 Å². The van der Waals surface area contributed by atoms with Crippen LogP contribution in [0.5, 0.6) is 5.75 Å². The molecule has 0 aromatic heterocycles. The number of hydrogen-bond donors (Lipinski definition) is 3. The third kappa shape index (κ3) is 7.55. The predicted molar refractivity (Wildman–Crippen MR) is 118 cm³/mol. The zero-order chi connectivity index (χ0) is 23.6. The lowest BCUT2D eigenvalue weighted by Crippen LogP contribution is -2.32. The zero-order valence-electron chi connectivity index (χ0n) is 17.0. The van der Waals surface area contributed by atoms with Crippen LogP contribution in [0.4, 0.5) is 20.2 Å². The molecule has 33 heavy (non-hydrogen) atoms. The number of carbonyl (C=O) groups excluding carboxylic acids is 3. The Balaban J connectivity index is 1.47. The van der Waals surface area contributed by atoms with Crippen molar-refractivity contribution in [2.75, 3.05) is 17.2 Å². The van der Waals surface area contributed by atoms with Crippen molar-refractivity contribution in [3.63, 3.8) is 0 Å². The fourth-order valence-corrected chi connectivity index (χ4v) is 2.53. The van der Waals surface area contributed by atoms with E-state index in [-0.39, 0.29) is 12.3 Å². The van der Waals surface area contributed by atoms with Gasteiger partial charge in [-0.2, -0.15) is 5.10 Å². The minimum atomic E-state index is -1.02. The molecule has 0 aliphatic rings. The second-order valence-electron chi connectivity index (χ2n) is 6.58. The molecule has 0 radical (unpaired) electrons. The topological polar surface area (TPSA) is 109 Å². The van der Waals surface area contributed by atoms with Gasteiger partial charge in [0.2, 0.25) is 0 Å². The summed E-state index contributed by atoms with van der Waals surface area (Å²) in [6.45, 7) is -0.308. The smallest absolute Gasteiger partial charge is 0.329 e. The quantitative estimate of drug-likeness (QED) is 0.291. The Morgan fingerprint density at radius 3 is 2.33 bits per heavy atom. The molecule has 3 rings (SSSR count). The maximum Gasteiger partial charge on any atom is 0.329 e. The Hall–Kier alpha value is -4.60. The highest BCUT2D eigenvalue weighted by Gasteiger charge is 2.12. The molecule has 8 nitrogen and oxygen atoms in total. The predicted octanol–water partition coefficient (Wildman–Crippen LogP) is 3.07. The Bertz CT molecular complexity index is 1180. The summed E-state index contributed by atoms with van der Waals surface area (Å²) in [4.78, 5) is 35.6. The molecule has 0 fully saturated rings. The SMILES string of the molecule is O=C(COc1cccc(/C=N\NC(=O)C(=O)Nc2ccc(F)cc2)c1)Nc1cccc(F)c1. The van der Waals surface area contributed by atoms with E-state index in [2.05, 4.69) is 21.2 Å². The summed E-state index contributed by atoms with van der Waals surface area (Å²) in [5, 5.41) is 8.52. The molecule has 0 aliphatic heterocycles. The van der Waals surface area contributed by atoms with Gasteiger partial charge in [0.1, 0.15) is 17.4 Å². The van der Waals surface area contributed by atoms with Gasteiger partial charge in [-0.15, -0.1) is 0 Å². The highest BCUT2D eigenvalue weighted by Crippen LogP contribution is 2.13. The van der Waals surface area contributed by atoms with Gasteiger partial charge in [0.05, 0.1) is 6.21 Å². The first-order chi connectivity index (χ1) is 15.9. The molecule has 10 heteroatoms. The Morgan fingerprint density at radius 2 is 1.58 bits per heavy atom. The van der Waals surface area contributed by atoms with Crippen LogP contribution in [-0.2, 0) is 14.4 Å². The molecule has 3 aromatic rings. The van der Waals surface area contributed by atoms with E-state index in [1.165, 1.54) is 36.5 Å². The van der Waals surface area contributed by atoms with Gasteiger partial charge in [0.15, 0.2) is 6.61 Å². The van der Waals surface area contributed by atoms with Gasteiger partial charge in [0, 0.05) is 11.4 Å². The van der Waals surface area contributed by atoms with Crippen LogP contribution in [0.1, 0.15) is 5.56 Å². The summed E-state index contributed by atoms with van der Waals surface area (Å²) >= 11 is 0. The van der Waals surface area contributed by atoms with Gasteiger partial charge in [-0.05, 0) is 60.2 Å². The molecule has 0 bridgehead atoms. The molecule has 0 spiro atoms. The van der Waals surface area contributed by atoms with Crippen molar-refractivity contribution < 1.29 is 27.9 Å². The van der Waals surface area contributed by atoms with Crippen molar-refractivity contribution in [2.24, 2.45) is 5.10 Å². The minimum absolute atomic E-state index is 0.256. The van der Waals surface area contributed by atoms with Crippen LogP contribution in [0.2, 0.25) is 0 Å². The van der Waals surface area contributed by atoms with Crippen molar-refractivity contribution in [1.29, 1.82) is 0 Å². The Labute approximate surface area is 187 Å². The second-order valence-corrected chi connectivity index (χ2v) is 6.58. The minimum Gasteiger partial charge on any atom is -0.484 e. The van der Waals surface area contributed by atoms with Crippen molar-refractivity contribution in [1.82, 2.24) is 5.43 Å². The lowest BCUT2D eigenvalue weighted by atomic mass is 10.2. The van der Waals surface area contributed by atoms with E-state index in [1.807, 2.05) is 0 Å². The third-order valence-corrected chi connectivity index (χ3v) is 4.02. The number of benzene rings is 3. The highest BCUT2D eigenvalue weighted by molar-refractivity contribution is 6.39. The largest absolute Gasteiger partial charge is 0.484 e. The monoisotopic (exact) mass is 452 g/mol. The van der Waals surface area contributed by atoms with E-state index in [9.17, 15) is 23.2 Å². The van der Waals surface area contributed by atoms with Crippen molar-refractivity contribution in [2.45, 2.75) is 0 Å². The Kier molecular flexibility index (Phi) is 7.79. The first kappa shape index (κ1) is 23.1. The van der Waals surface area contributed by atoms with Crippen LogP contribution in [0.3, 0.4) is 0 Å².